The van der Waals surface area contributed by atoms with Crippen molar-refractivity contribution in [3.8, 4) is 0 Å². The van der Waals surface area contributed by atoms with E-state index in [1.54, 1.807) is 0 Å². The van der Waals surface area contributed by atoms with Crippen LogP contribution in [0.4, 0.5) is 0 Å². The topological polar surface area (TPSA) is 41.9 Å². The quantitative estimate of drug-likeness (QED) is 0.684. The summed E-state index contributed by atoms with van der Waals surface area (Å²) in [4.78, 5) is 2.21. The molecule has 0 bridgehead atoms. The summed E-state index contributed by atoms with van der Waals surface area (Å²) in [6, 6.07) is 21.1. The molecule has 0 amide bonds. The van der Waals surface area contributed by atoms with Crippen molar-refractivity contribution in [2.75, 3.05) is 38.7 Å². The van der Waals surface area contributed by atoms with Crippen LogP contribution in [0.5, 0.6) is 0 Å². The van der Waals surface area contributed by atoms with Gasteiger partial charge in [-0.05, 0) is 55.4 Å². The molecule has 1 fully saturated rings. The Kier molecular flexibility index (Phi) is 6.38. The zero-order valence-electron chi connectivity index (χ0n) is 17.2. The first-order valence-electron chi connectivity index (χ1n) is 10.3. The van der Waals surface area contributed by atoms with E-state index < -0.39 is 11.2 Å². The lowest BCUT2D eigenvalue weighted by Gasteiger charge is -2.31. The minimum atomic E-state index is -0.861. The van der Waals surface area contributed by atoms with E-state index in [9.17, 15) is 4.55 Å². The van der Waals surface area contributed by atoms with E-state index in [-0.39, 0.29) is 12.0 Å². The fraction of sp³-hybridized carbons (Fsp3) is 0.375. The van der Waals surface area contributed by atoms with Gasteiger partial charge in [0.2, 0.25) is 0 Å². The summed E-state index contributed by atoms with van der Waals surface area (Å²) in [5.74, 6) is 1.47. The van der Waals surface area contributed by atoms with Crippen LogP contribution >= 0.6 is 0 Å². The highest BCUT2D eigenvalue weighted by Crippen LogP contribution is 2.41. The van der Waals surface area contributed by atoms with Gasteiger partial charge in [-0.3, -0.25) is 5.01 Å². The molecule has 2 aliphatic rings. The normalized spacial score (nSPS) is 25.4. The molecule has 0 N–H and O–H groups in total. The summed E-state index contributed by atoms with van der Waals surface area (Å²) in [5, 5.41) is 7.36. The molecule has 0 aliphatic carbocycles. The van der Waals surface area contributed by atoms with E-state index in [1.165, 1.54) is 5.56 Å². The fourth-order valence-electron chi connectivity index (χ4n) is 4.27. The average molecular weight is 408 g/mol. The maximum Gasteiger partial charge on any atom is 0.132 e. The van der Waals surface area contributed by atoms with Gasteiger partial charge < -0.3 is 9.45 Å². The number of benzene rings is 2. The Balaban J connectivity index is 1.67. The molecule has 2 heterocycles. The molecule has 29 heavy (non-hydrogen) atoms. The molecule has 2 aromatic rings. The Morgan fingerprint density at radius 2 is 1.79 bits per heavy atom. The van der Waals surface area contributed by atoms with E-state index in [1.807, 2.05) is 18.2 Å². The zero-order valence-corrected chi connectivity index (χ0v) is 18.0. The molecule has 0 spiro atoms. The lowest BCUT2D eigenvalue weighted by molar-refractivity contribution is 0.198. The number of hydrazone groups is 1. The maximum absolute atomic E-state index is 12.8. The van der Waals surface area contributed by atoms with Crippen LogP contribution in [0.25, 0.3) is 6.08 Å². The molecule has 0 aromatic heterocycles. The van der Waals surface area contributed by atoms with Gasteiger partial charge in [0.1, 0.15) is 11.5 Å². The first-order valence-corrected chi connectivity index (χ1v) is 11.8. The van der Waals surface area contributed by atoms with E-state index in [2.05, 4.69) is 72.5 Å². The largest absolute Gasteiger partial charge is 0.616 e. The number of fused-ring (bicyclic) bond motifs is 1. The SMILES string of the molecule is CN(C)CCCN1N=C2C(=Cc3ccccc3)C[S+]([O-])CC2C1c1ccccc1. The molecule has 0 radical (unpaired) electrons. The fourth-order valence-corrected chi connectivity index (χ4v) is 5.71. The molecular weight excluding hydrogens is 378 g/mol. The van der Waals surface area contributed by atoms with Crippen LogP contribution in [0.1, 0.15) is 23.6 Å². The van der Waals surface area contributed by atoms with Crippen molar-refractivity contribution in [3.05, 3.63) is 77.4 Å². The number of hydrogen-bond donors (Lipinski definition) is 0. The molecule has 152 valence electrons. The third-order valence-corrected chi connectivity index (χ3v) is 6.94. The van der Waals surface area contributed by atoms with Crippen LogP contribution in [0.3, 0.4) is 0 Å². The maximum atomic E-state index is 12.8. The van der Waals surface area contributed by atoms with Gasteiger partial charge in [-0.1, -0.05) is 60.7 Å². The number of hydrogen-bond acceptors (Lipinski definition) is 4. The van der Waals surface area contributed by atoms with Crippen LogP contribution in [0.15, 0.2) is 71.3 Å². The Morgan fingerprint density at radius 3 is 2.48 bits per heavy atom. The van der Waals surface area contributed by atoms with Crippen molar-refractivity contribution in [2.24, 2.45) is 11.0 Å². The van der Waals surface area contributed by atoms with Gasteiger partial charge in [0.05, 0.1) is 17.7 Å². The summed E-state index contributed by atoms with van der Waals surface area (Å²) in [7, 11) is 4.21. The summed E-state index contributed by atoms with van der Waals surface area (Å²) >= 11 is -0.861. The van der Waals surface area contributed by atoms with Crippen molar-refractivity contribution < 1.29 is 4.55 Å². The van der Waals surface area contributed by atoms with Crippen molar-refractivity contribution in [1.82, 2.24) is 9.91 Å². The second kappa shape index (κ2) is 9.16. The van der Waals surface area contributed by atoms with E-state index >= 15 is 0 Å². The van der Waals surface area contributed by atoms with Crippen LogP contribution in [-0.4, -0.2) is 58.9 Å². The highest BCUT2D eigenvalue weighted by molar-refractivity contribution is 7.91. The molecule has 0 saturated carbocycles. The van der Waals surface area contributed by atoms with Crippen molar-refractivity contribution in [2.45, 2.75) is 12.5 Å². The molecule has 4 rings (SSSR count). The van der Waals surface area contributed by atoms with Crippen LogP contribution < -0.4 is 0 Å². The van der Waals surface area contributed by atoms with Gasteiger partial charge in [-0.25, -0.2) is 0 Å². The van der Waals surface area contributed by atoms with E-state index in [4.69, 9.17) is 5.10 Å². The van der Waals surface area contributed by atoms with E-state index in [0.29, 0.717) is 11.5 Å². The third-order valence-electron chi connectivity index (χ3n) is 5.57. The molecule has 3 unspecified atom stereocenters. The molecule has 2 aliphatic heterocycles. The molecule has 1 saturated heterocycles. The van der Waals surface area contributed by atoms with Gasteiger partial charge in [0.25, 0.3) is 0 Å². The second-order valence-corrected chi connectivity index (χ2v) is 9.60. The zero-order chi connectivity index (χ0) is 20.2. The Labute approximate surface area is 177 Å². The van der Waals surface area contributed by atoms with Crippen LogP contribution in [-0.2, 0) is 11.2 Å². The Bertz CT molecular complexity index is 866. The van der Waals surface area contributed by atoms with Crippen LogP contribution in [0.2, 0.25) is 0 Å². The van der Waals surface area contributed by atoms with Crippen molar-refractivity contribution >= 4 is 23.0 Å². The van der Waals surface area contributed by atoms with Crippen LogP contribution in [0, 0.1) is 5.92 Å². The molecular formula is C24H29N3OS. The standard InChI is InChI=1S/C24H29N3OS/c1-26(2)14-9-15-27-24(20-12-7-4-8-13-20)22-18-29(28)17-21(23(22)25-27)16-19-10-5-3-6-11-19/h3-8,10-13,16,22,24H,9,14-15,17-18H2,1-2H3. The molecule has 5 heteroatoms. The minimum absolute atomic E-state index is 0.164. The molecule has 4 nitrogen and oxygen atoms in total. The summed E-state index contributed by atoms with van der Waals surface area (Å²) in [6.07, 6.45) is 3.23. The molecule has 3 atom stereocenters. The number of nitrogens with zero attached hydrogens (tertiary/aromatic N) is 3. The summed E-state index contributed by atoms with van der Waals surface area (Å²) in [5.41, 5.74) is 4.67. The van der Waals surface area contributed by atoms with Gasteiger partial charge in [-0.2, -0.15) is 5.10 Å². The minimum Gasteiger partial charge on any atom is -0.616 e. The van der Waals surface area contributed by atoms with Gasteiger partial charge >= 0.3 is 0 Å². The van der Waals surface area contributed by atoms with E-state index in [0.717, 1.165) is 36.4 Å². The number of rotatable bonds is 6. The lowest BCUT2D eigenvalue weighted by Crippen LogP contribution is -2.37. The molecule has 2 aromatic carbocycles. The van der Waals surface area contributed by atoms with Gasteiger partial charge in [-0.15, -0.1) is 0 Å². The third kappa shape index (κ3) is 4.74. The first-order chi connectivity index (χ1) is 14.1. The monoisotopic (exact) mass is 407 g/mol. The van der Waals surface area contributed by atoms with Gasteiger partial charge in [0, 0.05) is 12.1 Å². The Morgan fingerprint density at radius 1 is 1.10 bits per heavy atom. The first kappa shape index (κ1) is 20.2. The summed E-state index contributed by atoms with van der Waals surface area (Å²) in [6.45, 7) is 1.94. The average Bonchev–Trinajstić information content (AvgIpc) is 3.07. The predicted octanol–water partition coefficient (Wildman–Crippen LogP) is 3.81. The second-order valence-electron chi connectivity index (χ2n) is 8.10. The van der Waals surface area contributed by atoms with Crippen molar-refractivity contribution in [1.29, 1.82) is 0 Å². The smallest absolute Gasteiger partial charge is 0.132 e. The van der Waals surface area contributed by atoms with Gasteiger partial charge in [0.15, 0.2) is 0 Å². The van der Waals surface area contributed by atoms with Crippen molar-refractivity contribution in [3.63, 3.8) is 0 Å². The highest BCUT2D eigenvalue weighted by Gasteiger charge is 2.45. The lowest BCUT2D eigenvalue weighted by atomic mass is 9.87. The Hall–Kier alpha value is -2.08. The highest BCUT2D eigenvalue weighted by atomic mass is 32.2. The summed E-state index contributed by atoms with van der Waals surface area (Å²) < 4.78 is 12.8. The predicted molar refractivity (Wildman–Crippen MR) is 122 cm³/mol.